The fourth-order valence-corrected chi connectivity index (χ4v) is 3.05. The highest BCUT2D eigenvalue weighted by molar-refractivity contribution is 6.04. The van der Waals surface area contributed by atoms with Gasteiger partial charge in [-0.2, -0.15) is 5.06 Å². The molecule has 6 heteroatoms. The van der Waals surface area contributed by atoms with Gasteiger partial charge in [0.05, 0.1) is 5.41 Å². The van der Waals surface area contributed by atoms with Gasteiger partial charge in [-0.25, -0.2) is 0 Å². The van der Waals surface area contributed by atoms with Gasteiger partial charge in [-0.3, -0.25) is 14.4 Å². The second-order valence-electron chi connectivity index (χ2n) is 6.01. The normalized spacial score (nSPS) is 21.2. The Balaban J connectivity index is 0.00000176. The summed E-state index contributed by atoms with van der Waals surface area (Å²) in [7, 11) is 2.04. The summed E-state index contributed by atoms with van der Waals surface area (Å²) >= 11 is 0. The van der Waals surface area contributed by atoms with Crippen LogP contribution in [-0.2, 0) is 21.0 Å². The van der Waals surface area contributed by atoms with Crippen LogP contribution in [-0.4, -0.2) is 41.9 Å². The summed E-state index contributed by atoms with van der Waals surface area (Å²) in [6.07, 6.45) is 1.76. The van der Waals surface area contributed by atoms with Gasteiger partial charge < -0.3 is 4.90 Å². The van der Waals surface area contributed by atoms with Crippen molar-refractivity contribution in [3.05, 3.63) is 35.9 Å². The molecule has 1 aromatic rings. The molecule has 0 atom stereocenters. The molecule has 2 fully saturated rings. The maximum Gasteiger partial charge on any atom is 0.260 e. The second-order valence-corrected chi connectivity index (χ2v) is 6.01. The zero-order valence-electron chi connectivity index (χ0n) is 12.7. The lowest BCUT2D eigenvalue weighted by atomic mass is 9.77. The third kappa shape index (κ3) is 3.16. The molecule has 5 nitrogen and oxygen atoms in total. The molecule has 22 heavy (non-hydrogen) atoms. The Morgan fingerprint density at radius 3 is 2.41 bits per heavy atom. The van der Waals surface area contributed by atoms with E-state index in [0.29, 0.717) is 0 Å². The molecule has 0 N–H and O–H groups in total. The highest BCUT2D eigenvalue weighted by Crippen LogP contribution is 2.42. The predicted octanol–water partition coefficient (Wildman–Crippen LogP) is 2.01. The molecule has 0 aliphatic carbocycles. The molecule has 2 aliphatic rings. The van der Waals surface area contributed by atoms with Gasteiger partial charge in [0.1, 0.15) is 6.61 Å². The van der Waals surface area contributed by atoms with E-state index in [-0.39, 0.29) is 37.2 Å². The van der Waals surface area contributed by atoms with Crippen molar-refractivity contribution in [3.8, 4) is 0 Å². The predicted molar refractivity (Wildman–Crippen MR) is 84.1 cm³/mol. The van der Waals surface area contributed by atoms with Gasteiger partial charge in [0.15, 0.2) is 0 Å². The van der Waals surface area contributed by atoms with Crippen molar-refractivity contribution in [3.63, 3.8) is 0 Å². The van der Waals surface area contributed by atoms with Gasteiger partial charge in [0.2, 0.25) is 0 Å². The SMILES string of the molecule is CN1CCC2(CC1)CC(=O)N(OCc1ccccc1)C2=O.Cl. The number of hydroxylamine groups is 2. The van der Waals surface area contributed by atoms with Crippen LogP contribution in [0.5, 0.6) is 0 Å². The minimum Gasteiger partial charge on any atom is -0.306 e. The standard InChI is InChI=1S/C16H20N2O3.ClH/c1-17-9-7-16(8-10-17)11-14(19)18(15(16)20)21-12-13-5-3-2-4-6-13;/h2-6H,7-12H2,1H3;1H. The molecule has 0 bridgehead atoms. The molecule has 0 unspecified atom stereocenters. The third-order valence-corrected chi connectivity index (χ3v) is 4.50. The van der Waals surface area contributed by atoms with E-state index in [2.05, 4.69) is 4.90 Å². The minimum atomic E-state index is -0.527. The Morgan fingerprint density at radius 2 is 1.77 bits per heavy atom. The monoisotopic (exact) mass is 324 g/mol. The van der Waals surface area contributed by atoms with Gasteiger partial charge in [-0.15, -0.1) is 12.4 Å². The Bertz CT molecular complexity index is 542. The van der Waals surface area contributed by atoms with Crippen molar-refractivity contribution < 1.29 is 14.4 Å². The first-order valence-corrected chi connectivity index (χ1v) is 7.33. The van der Waals surface area contributed by atoms with E-state index in [0.717, 1.165) is 36.6 Å². The van der Waals surface area contributed by atoms with Crippen molar-refractivity contribution in [1.29, 1.82) is 0 Å². The number of amides is 2. The topological polar surface area (TPSA) is 49.9 Å². The van der Waals surface area contributed by atoms with Crippen LogP contribution in [0.4, 0.5) is 0 Å². The van der Waals surface area contributed by atoms with Crippen LogP contribution in [0, 0.1) is 5.41 Å². The Hall–Kier alpha value is -1.43. The van der Waals surface area contributed by atoms with E-state index in [9.17, 15) is 9.59 Å². The Morgan fingerprint density at radius 1 is 1.14 bits per heavy atom. The molecule has 0 aromatic heterocycles. The lowest BCUT2D eigenvalue weighted by Crippen LogP contribution is -2.43. The van der Waals surface area contributed by atoms with Crippen molar-refractivity contribution in [1.82, 2.24) is 9.96 Å². The summed E-state index contributed by atoms with van der Waals surface area (Å²) < 4.78 is 0. The smallest absolute Gasteiger partial charge is 0.260 e. The number of hydrogen-bond donors (Lipinski definition) is 0. The lowest BCUT2D eigenvalue weighted by molar-refractivity contribution is -0.194. The highest BCUT2D eigenvalue weighted by Gasteiger charge is 2.53. The first kappa shape index (κ1) is 16.9. The number of carbonyl (C=O) groups excluding carboxylic acids is 2. The molecule has 120 valence electrons. The van der Waals surface area contributed by atoms with E-state index in [1.54, 1.807) is 0 Å². The molecule has 2 aliphatic heterocycles. The number of benzene rings is 1. The molecular formula is C16H21ClN2O3. The van der Waals surface area contributed by atoms with Gasteiger partial charge in [0, 0.05) is 6.42 Å². The van der Waals surface area contributed by atoms with Crippen molar-refractivity contribution in [2.24, 2.45) is 5.41 Å². The average molecular weight is 325 g/mol. The van der Waals surface area contributed by atoms with Crippen LogP contribution in [0.15, 0.2) is 30.3 Å². The third-order valence-electron chi connectivity index (χ3n) is 4.50. The fourth-order valence-electron chi connectivity index (χ4n) is 3.05. The lowest BCUT2D eigenvalue weighted by Gasteiger charge is -2.35. The first-order chi connectivity index (χ1) is 10.1. The van der Waals surface area contributed by atoms with Crippen molar-refractivity contribution >= 4 is 24.2 Å². The Kier molecular flexibility index (Phi) is 5.21. The van der Waals surface area contributed by atoms with Gasteiger partial charge >= 0.3 is 0 Å². The van der Waals surface area contributed by atoms with Crippen LogP contribution in [0.2, 0.25) is 0 Å². The summed E-state index contributed by atoms with van der Waals surface area (Å²) in [6, 6.07) is 9.56. The van der Waals surface area contributed by atoms with Crippen LogP contribution in [0.1, 0.15) is 24.8 Å². The summed E-state index contributed by atoms with van der Waals surface area (Å²) in [5, 5.41) is 0.998. The van der Waals surface area contributed by atoms with E-state index < -0.39 is 5.41 Å². The second kappa shape index (κ2) is 6.77. The van der Waals surface area contributed by atoms with E-state index in [1.165, 1.54) is 0 Å². The number of halogens is 1. The number of rotatable bonds is 3. The molecule has 2 amide bonds. The summed E-state index contributed by atoms with van der Waals surface area (Å²) in [5.41, 5.74) is 0.419. The van der Waals surface area contributed by atoms with E-state index in [1.807, 2.05) is 37.4 Å². The summed E-state index contributed by atoms with van der Waals surface area (Å²) in [4.78, 5) is 32.4. The molecule has 0 saturated carbocycles. The molecule has 0 radical (unpaired) electrons. The molecule has 2 saturated heterocycles. The summed E-state index contributed by atoms with van der Waals surface area (Å²) in [5.74, 6) is -0.364. The van der Waals surface area contributed by atoms with Crippen molar-refractivity contribution in [2.75, 3.05) is 20.1 Å². The number of carbonyl (C=O) groups is 2. The summed E-state index contributed by atoms with van der Waals surface area (Å²) in [6.45, 7) is 1.95. The number of nitrogens with zero attached hydrogens (tertiary/aromatic N) is 2. The Labute approximate surface area is 136 Å². The van der Waals surface area contributed by atoms with E-state index in [4.69, 9.17) is 4.84 Å². The number of piperidine rings is 1. The molecule has 1 spiro atoms. The molecule has 3 rings (SSSR count). The molecule has 2 heterocycles. The van der Waals surface area contributed by atoms with E-state index >= 15 is 0 Å². The zero-order valence-corrected chi connectivity index (χ0v) is 13.5. The van der Waals surface area contributed by atoms with Crippen molar-refractivity contribution in [2.45, 2.75) is 25.9 Å². The average Bonchev–Trinajstić information content (AvgIpc) is 2.73. The fraction of sp³-hybridized carbons (Fsp3) is 0.500. The van der Waals surface area contributed by atoms with Crippen LogP contribution >= 0.6 is 12.4 Å². The van der Waals surface area contributed by atoms with Crippen LogP contribution in [0.25, 0.3) is 0 Å². The van der Waals surface area contributed by atoms with Gasteiger partial charge in [-0.1, -0.05) is 30.3 Å². The minimum absolute atomic E-state index is 0. The largest absolute Gasteiger partial charge is 0.306 e. The van der Waals surface area contributed by atoms with Gasteiger partial charge in [-0.05, 0) is 38.5 Å². The first-order valence-electron chi connectivity index (χ1n) is 7.33. The van der Waals surface area contributed by atoms with Crippen LogP contribution in [0.3, 0.4) is 0 Å². The van der Waals surface area contributed by atoms with Gasteiger partial charge in [0.25, 0.3) is 11.8 Å². The molecular weight excluding hydrogens is 304 g/mol. The number of likely N-dealkylation sites (tertiary alicyclic amines) is 1. The molecule has 1 aromatic carbocycles. The van der Waals surface area contributed by atoms with Crippen LogP contribution < -0.4 is 0 Å². The highest BCUT2D eigenvalue weighted by atomic mass is 35.5. The zero-order chi connectivity index (χ0) is 14.9. The maximum absolute atomic E-state index is 12.6. The number of hydrogen-bond acceptors (Lipinski definition) is 4. The quantitative estimate of drug-likeness (QED) is 0.798. The number of imide groups is 1. The maximum atomic E-state index is 12.6.